The van der Waals surface area contributed by atoms with Crippen molar-refractivity contribution in [3.8, 4) is 5.75 Å². The Hall–Kier alpha value is -5.00. The molecular formula is C27H27F2N7O3. The first-order valence-corrected chi connectivity index (χ1v) is 12.0. The number of para-hydroxylation sites is 1. The largest absolute Gasteiger partial charge is 0.497 e. The Balaban J connectivity index is 1.52. The second-order valence-corrected chi connectivity index (χ2v) is 8.48. The van der Waals surface area contributed by atoms with Gasteiger partial charge in [-0.3, -0.25) is 9.98 Å². The highest BCUT2D eigenvalue weighted by Crippen LogP contribution is 2.14. The smallest absolute Gasteiger partial charge is 0.355 e. The van der Waals surface area contributed by atoms with E-state index in [0.29, 0.717) is 11.3 Å². The van der Waals surface area contributed by atoms with E-state index in [1.165, 1.54) is 41.0 Å². The van der Waals surface area contributed by atoms with Crippen LogP contribution in [0.15, 0.2) is 82.4 Å². The van der Waals surface area contributed by atoms with Crippen molar-refractivity contribution in [1.29, 1.82) is 5.41 Å². The summed E-state index contributed by atoms with van der Waals surface area (Å²) >= 11 is 0. The number of halogens is 2. The minimum absolute atomic E-state index is 0.0477. The Labute approximate surface area is 222 Å². The Morgan fingerprint density at radius 2 is 1.54 bits per heavy atom. The van der Waals surface area contributed by atoms with E-state index in [-0.39, 0.29) is 43.8 Å². The second-order valence-electron chi connectivity index (χ2n) is 8.48. The van der Waals surface area contributed by atoms with Gasteiger partial charge in [0.05, 0.1) is 25.9 Å². The van der Waals surface area contributed by atoms with Crippen molar-refractivity contribution in [2.45, 2.75) is 13.1 Å². The highest BCUT2D eigenvalue weighted by molar-refractivity contribution is 5.91. The maximum Gasteiger partial charge on any atom is 0.355 e. The molecule has 4 N–H and O–H groups in total. The van der Waals surface area contributed by atoms with Gasteiger partial charge in [0.25, 0.3) is 0 Å². The maximum absolute atomic E-state index is 13.8. The number of nitrogens with one attached hydrogen (secondary N) is 4. The van der Waals surface area contributed by atoms with Gasteiger partial charge in [-0.15, -0.1) is 0 Å². The molecule has 0 aliphatic carbocycles. The quantitative estimate of drug-likeness (QED) is 0.140. The Kier molecular flexibility index (Phi) is 8.67. The third-order valence-electron chi connectivity index (χ3n) is 5.75. The first-order chi connectivity index (χ1) is 18.8. The van der Waals surface area contributed by atoms with Crippen LogP contribution >= 0.6 is 0 Å². The molecule has 1 aromatic heterocycles. The topological polar surface area (TPSA) is 126 Å². The lowest BCUT2D eigenvalue weighted by Crippen LogP contribution is -2.43. The number of anilines is 2. The van der Waals surface area contributed by atoms with E-state index in [1.54, 1.807) is 43.5 Å². The number of methoxy groups -OCH3 is 1. The molecule has 3 aromatic carbocycles. The summed E-state index contributed by atoms with van der Waals surface area (Å²) in [7, 11) is 1.55. The molecule has 4 aromatic rings. The minimum atomic E-state index is -0.764. The van der Waals surface area contributed by atoms with Crippen molar-refractivity contribution in [3.05, 3.63) is 117 Å². The number of aromatic nitrogens is 3. The summed E-state index contributed by atoms with van der Waals surface area (Å²) in [6.07, 6.45) is 0. The summed E-state index contributed by atoms with van der Waals surface area (Å²) in [5.41, 5.74) is 0.130. The Bertz CT molecular complexity index is 1550. The zero-order chi connectivity index (χ0) is 27.8. The molecule has 0 radical (unpaired) electrons. The van der Waals surface area contributed by atoms with Gasteiger partial charge in [-0.05, 0) is 47.5 Å². The number of rotatable bonds is 10. The van der Waals surface area contributed by atoms with E-state index in [1.807, 2.05) is 0 Å². The van der Waals surface area contributed by atoms with Crippen molar-refractivity contribution in [2.75, 3.05) is 30.8 Å². The normalized spacial score (nSPS) is 10.6. The van der Waals surface area contributed by atoms with Crippen molar-refractivity contribution < 1.29 is 13.5 Å². The maximum atomic E-state index is 13.8. The molecule has 0 aliphatic rings. The van der Waals surface area contributed by atoms with Gasteiger partial charge in [0.15, 0.2) is 5.96 Å². The van der Waals surface area contributed by atoms with Crippen molar-refractivity contribution in [1.82, 2.24) is 19.4 Å². The molecular weight excluding hydrogens is 508 g/mol. The van der Waals surface area contributed by atoms with Crippen LogP contribution in [-0.2, 0) is 13.1 Å². The molecule has 0 saturated carbocycles. The number of guanidine groups is 1. The third-order valence-corrected chi connectivity index (χ3v) is 5.75. The number of ether oxygens (including phenoxy) is 1. The van der Waals surface area contributed by atoms with Crippen LogP contribution < -0.4 is 32.1 Å². The molecule has 10 nitrogen and oxygen atoms in total. The number of benzene rings is 3. The summed E-state index contributed by atoms with van der Waals surface area (Å²) < 4.78 is 34.6. The zero-order valence-corrected chi connectivity index (χ0v) is 21.1. The predicted octanol–water partition coefficient (Wildman–Crippen LogP) is 2.84. The Morgan fingerprint density at radius 1 is 0.897 bits per heavy atom. The summed E-state index contributed by atoms with van der Waals surface area (Å²) in [5, 5.41) is 16.4. The highest BCUT2D eigenvalue weighted by atomic mass is 19.1. The molecule has 0 fully saturated rings. The molecule has 12 heteroatoms. The number of hydrogen-bond donors (Lipinski definition) is 4. The van der Waals surface area contributed by atoms with E-state index in [4.69, 9.17) is 10.1 Å². The molecule has 0 saturated heterocycles. The molecule has 0 amide bonds. The second kappa shape index (κ2) is 12.5. The molecule has 0 unspecified atom stereocenters. The lowest BCUT2D eigenvalue weighted by Gasteiger charge is -2.16. The first kappa shape index (κ1) is 27.0. The van der Waals surface area contributed by atoms with Gasteiger partial charge in [-0.25, -0.2) is 22.9 Å². The third kappa shape index (κ3) is 7.06. The molecule has 0 bridgehead atoms. The van der Waals surface area contributed by atoms with Crippen LogP contribution in [0.4, 0.5) is 20.4 Å². The monoisotopic (exact) mass is 535 g/mol. The van der Waals surface area contributed by atoms with Crippen LogP contribution in [0.25, 0.3) is 0 Å². The number of hydrogen-bond acceptors (Lipinski definition) is 6. The standard InChI is InChI=1S/C27H27F2N7O3/c1-39-21-12-8-19(9-13-21)16-35-25(32-15-14-31-24(30)33-23-5-3-2-4-22(23)29)34-26(37)36(27(35)38)17-18-6-10-20(28)11-7-18/h2-13H,14-17H2,1H3,(H3,30,31,33)(H,32,34,37). The summed E-state index contributed by atoms with van der Waals surface area (Å²) in [4.78, 5) is 30.3. The fraction of sp³-hybridized carbons (Fsp3) is 0.185. The van der Waals surface area contributed by atoms with Crippen molar-refractivity contribution in [3.63, 3.8) is 0 Å². The van der Waals surface area contributed by atoms with Gasteiger partial charge >= 0.3 is 11.4 Å². The van der Waals surface area contributed by atoms with Gasteiger partial charge in [0, 0.05) is 13.1 Å². The molecule has 4 rings (SSSR count). The lowest BCUT2D eigenvalue weighted by atomic mass is 10.2. The van der Waals surface area contributed by atoms with Crippen LogP contribution in [0.2, 0.25) is 0 Å². The average Bonchev–Trinajstić information content (AvgIpc) is 2.93. The SMILES string of the molecule is COc1ccc(Cn2c(NCCNC(=N)Nc3ccccc3F)nc(=O)n(Cc3ccc(F)cc3)c2=O)cc1. The minimum Gasteiger partial charge on any atom is -0.497 e. The van der Waals surface area contributed by atoms with Crippen LogP contribution in [0.3, 0.4) is 0 Å². The summed E-state index contributed by atoms with van der Waals surface area (Å²) in [5.74, 6) is -0.338. The van der Waals surface area contributed by atoms with E-state index in [0.717, 1.165) is 10.1 Å². The molecule has 39 heavy (non-hydrogen) atoms. The van der Waals surface area contributed by atoms with Crippen molar-refractivity contribution >= 4 is 17.6 Å². The highest BCUT2D eigenvalue weighted by Gasteiger charge is 2.14. The van der Waals surface area contributed by atoms with Crippen LogP contribution in [0.5, 0.6) is 5.75 Å². The van der Waals surface area contributed by atoms with E-state index in [9.17, 15) is 18.4 Å². The predicted molar refractivity (Wildman–Crippen MR) is 145 cm³/mol. The Morgan fingerprint density at radius 3 is 2.21 bits per heavy atom. The molecule has 0 aliphatic heterocycles. The molecule has 0 atom stereocenters. The van der Waals surface area contributed by atoms with Crippen molar-refractivity contribution in [2.24, 2.45) is 0 Å². The molecule has 202 valence electrons. The van der Waals surface area contributed by atoms with E-state index in [2.05, 4.69) is 20.9 Å². The fourth-order valence-corrected chi connectivity index (χ4v) is 3.73. The van der Waals surface area contributed by atoms with Gasteiger partial charge in [-0.1, -0.05) is 36.4 Å². The van der Waals surface area contributed by atoms with Crippen LogP contribution in [0.1, 0.15) is 11.1 Å². The van der Waals surface area contributed by atoms with Gasteiger partial charge in [0.1, 0.15) is 17.4 Å². The van der Waals surface area contributed by atoms with Gasteiger partial charge in [0.2, 0.25) is 5.95 Å². The average molecular weight is 536 g/mol. The van der Waals surface area contributed by atoms with E-state index >= 15 is 0 Å². The lowest BCUT2D eigenvalue weighted by molar-refractivity contribution is 0.414. The van der Waals surface area contributed by atoms with Crippen LogP contribution in [-0.4, -0.2) is 40.3 Å². The number of nitrogens with zero attached hydrogens (tertiary/aromatic N) is 3. The van der Waals surface area contributed by atoms with Gasteiger partial charge < -0.3 is 20.7 Å². The molecule has 1 heterocycles. The van der Waals surface area contributed by atoms with Gasteiger partial charge in [-0.2, -0.15) is 4.98 Å². The fourth-order valence-electron chi connectivity index (χ4n) is 3.73. The first-order valence-electron chi connectivity index (χ1n) is 12.0. The zero-order valence-electron chi connectivity index (χ0n) is 21.1. The summed E-state index contributed by atoms with van der Waals surface area (Å²) in [6, 6.07) is 18.6. The molecule has 0 spiro atoms. The van der Waals surface area contributed by atoms with E-state index < -0.39 is 23.0 Å². The summed E-state index contributed by atoms with van der Waals surface area (Å²) in [6.45, 7) is 0.434. The van der Waals surface area contributed by atoms with Crippen LogP contribution in [0, 0.1) is 17.0 Å².